The molecule has 0 spiro atoms. The molecule has 2 nitrogen and oxygen atoms in total. The van der Waals surface area contributed by atoms with Gasteiger partial charge in [-0.2, -0.15) is 0 Å². The molecule has 0 aliphatic heterocycles. The minimum atomic E-state index is -1.70. The summed E-state index contributed by atoms with van der Waals surface area (Å²) < 4.78 is 4.02. The maximum atomic E-state index is 9.00. The second-order valence-corrected chi connectivity index (χ2v) is 14.9. The summed E-state index contributed by atoms with van der Waals surface area (Å²) in [6, 6.07) is 33.1. The monoisotopic (exact) mass is 454 g/mol. The predicted octanol–water partition coefficient (Wildman–Crippen LogP) is 4.65. The van der Waals surface area contributed by atoms with Gasteiger partial charge in [-0.05, 0) is 0 Å². The molecule has 3 aromatic rings. The molecule has 0 saturated carbocycles. The fraction of sp³-hybridized carbons (Fsp3) is 0.174. The van der Waals surface area contributed by atoms with Crippen LogP contribution >= 0.6 is 0 Å². The van der Waals surface area contributed by atoms with Crippen LogP contribution in [0.4, 0.5) is 0 Å². The van der Waals surface area contributed by atoms with Crippen LogP contribution in [0.2, 0.25) is 0 Å². The summed E-state index contributed by atoms with van der Waals surface area (Å²) in [5.41, 5.74) is 4.57. The van der Waals surface area contributed by atoms with Crippen LogP contribution in [0.15, 0.2) is 91.0 Å². The van der Waals surface area contributed by atoms with E-state index in [1.807, 2.05) is 0 Å². The van der Waals surface area contributed by atoms with Crippen LogP contribution in [0.3, 0.4) is 0 Å². The zero-order chi connectivity index (χ0) is 18.6. The van der Waals surface area contributed by atoms with Crippen LogP contribution in [0.25, 0.3) is 0 Å². The Morgan fingerprint density at radius 3 is 1.12 bits per heavy atom. The molecule has 134 valence electrons. The Kier molecular flexibility index (Phi) is 8.97. The van der Waals surface area contributed by atoms with E-state index in [1.54, 1.807) is 0 Å². The van der Waals surface area contributed by atoms with Gasteiger partial charge in [0.1, 0.15) is 0 Å². The topological polar surface area (TPSA) is 37.3 Å². The van der Waals surface area contributed by atoms with Crippen molar-refractivity contribution < 1.29 is 9.90 Å². The summed E-state index contributed by atoms with van der Waals surface area (Å²) in [6.45, 7) is 1.08. The molecule has 26 heavy (non-hydrogen) atoms. The molecule has 1 N–H and O–H groups in total. The van der Waals surface area contributed by atoms with Crippen molar-refractivity contribution in [1.29, 1.82) is 0 Å². The standard InChI is InChI=1S/3C7H7.C2H4O2.Sn.H/c3*1-7-5-3-2-4-6-7;1-2(3)4;;/h3*2-6H,1H2;1H3,(H,3,4);;. The zero-order valence-corrected chi connectivity index (χ0v) is 18.5. The second kappa shape index (κ2) is 11.5. The van der Waals surface area contributed by atoms with E-state index in [1.165, 1.54) is 30.0 Å². The van der Waals surface area contributed by atoms with Gasteiger partial charge in [-0.15, -0.1) is 0 Å². The van der Waals surface area contributed by atoms with Gasteiger partial charge in [-0.1, -0.05) is 0 Å². The van der Waals surface area contributed by atoms with Gasteiger partial charge in [0, 0.05) is 6.92 Å². The zero-order valence-electron chi connectivity index (χ0n) is 15.2. The molecule has 3 rings (SSSR count). The van der Waals surface area contributed by atoms with Gasteiger partial charge in [0.15, 0.2) is 0 Å². The summed E-state index contributed by atoms with van der Waals surface area (Å²) in [5.74, 6) is -0.833. The molecule has 3 heteroatoms. The number of rotatable bonds is 6. The van der Waals surface area contributed by atoms with Crippen molar-refractivity contribution in [2.45, 2.75) is 20.2 Å². The Bertz CT molecular complexity index is 655. The van der Waals surface area contributed by atoms with Gasteiger partial charge in [0.25, 0.3) is 5.97 Å². The first-order valence-electron chi connectivity index (χ1n) is 8.95. The fourth-order valence-electron chi connectivity index (χ4n) is 3.06. The summed E-state index contributed by atoms with van der Waals surface area (Å²) in [6.07, 6.45) is 0. The van der Waals surface area contributed by atoms with Crippen molar-refractivity contribution in [2.75, 3.05) is 0 Å². The van der Waals surface area contributed by atoms with E-state index in [4.69, 9.17) is 9.90 Å². The molecular formula is C23H26O2Sn. The van der Waals surface area contributed by atoms with Crippen molar-refractivity contribution in [3.63, 3.8) is 0 Å². The third-order valence-corrected chi connectivity index (χ3v) is 13.1. The Labute approximate surface area is 163 Å². The number of carboxylic acids is 1. The predicted molar refractivity (Wildman–Crippen MR) is 111 cm³/mol. The molecule has 0 radical (unpaired) electrons. The Hall–Kier alpha value is -2.07. The quantitative estimate of drug-likeness (QED) is 0.552. The Balaban J connectivity index is 0.000000552. The molecule has 0 amide bonds. The third-order valence-electron chi connectivity index (χ3n) is 4.10. The van der Waals surface area contributed by atoms with E-state index >= 15 is 0 Å². The van der Waals surface area contributed by atoms with E-state index in [-0.39, 0.29) is 0 Å². The number of aliphatic carboxylic acids is 1. The molecule has 0 aliphatic carbocycles. The minimum absolute atomic E-state index is 0.833. The van der Waals surface area contributed by atoms with Crippen molar-refractivity contribution in [2.24, 2.45) is 0 Å². The first-order valence-corrected chi connectivity index (χ1v) is 15.9. The number of carboxylic acid groups (broad SMARTS) is 1. The van der Waals surface area contributed by atoms with Crippen LogP contribution in [-0.4, -0.2) is 30.8 Å². The van der Waals surface area contributed by atoms with Crippen LogP contribution < -0.4 is 0 Å². The van der Waals surface area contributed by atoms with Gasteiger partial charge in [-0.25, -0.2) is 0 Å². The van der Waals surface area contributed by atoms with Crippen molar-refractivity contribution in [1.82, 2.24) is 0 Å². The van der Waals surface area contributed by atoms with E-state index in [0.29, 0.717) is 0 Å². The number of hydrogen-bond acceptors (Lipinski definition) is 1. The van der Waals surface area contributed by atoms with Crippen LogP contribution in [0.1, 0.15) is 23.6 Å². The van der Waals surface area contributed by atoms with Gasteiger partial charge < -0.3 is 5.11 Å². The van der Waals surface area contributed by atoms with E-state index in [9.17, 15) is 0 Å². The van der Waals surface area contributed by atoms with Gasteiger partial charge in [-0.3, -0.25) is 4.79 Å². The van der Waals surface area contributed by atoms with Gasteiger partial charge in [0.2, 0.25) is 0 Å². The average molecular weight is 453 g/mol. The Morgan fingerprint density at radius 2 is 0.885 bits per heavy atom. The van der Waals surface area contributed by atoms with Crippen LogP contribution in [0, 0.1) is 0 Å². The SMILES string of the molecule is CC(=O)O.c1ccc([CH2][SnH]([CH2]c2ccccc2)[CH2]c2ccccc2)cc1. The molecular weight excluding hydrogens is 427 g/mol. The summed E-state index contributed by atoms with van der Waals surface area (Å²) >= 11 is -1.70. The molecule has 0 heterocycles. The summed E-state index contributed by atoms with van der Waals surface area (Å²) in [7, 11) is 0. The van der Waals surface area contributed by atoms with Crippen LogP contribution in [-0.2, 0) is 18.1 Å². The normalized spacial score (nSPS) is 10.1. The van der Waals surface area contributed by atoms with E-state index in [0.717, 1.165) is 6.92 Å². The molecule has 0 aliphatic rings. The van der Waals surface area contributed by atoms with Crippen molar-refractivity contribution in [3.8, 4) is 0 Å². The number of hydrogen-bond donors (Lipinski definition) is 1. The first kappa shape index (κ1) is 20.2. The molecule has 3 aromatic carbocycles. The summed E-state index contributed by atoms with van der Waals surface area (Å²) in [5, 5.41) is 7.42. The van der Waals surface area contributed by atoms with E-state index in [2.05, 4.69) is 91.0 Å². The maximum absolute atomic E-state index is 9.00. The van der Waals surface area contributed by atoms with Crippen molar-refractivity contribution in [3.05, 3.63) is 108 Å². The molecule has 0 saturated heterocycles. The molecule has 0 fully saturated rings. The molecule has 0 bridgehead atoms. The third kappa shape index (κ3) is 8.34. The second-order valence-electron chi connectivity index (χ2n) is 6.45. The molecule has 0 unspecified atom stereocenters. The average Bonchev–Trinajstić information content (AvgIpc) is 2.64. The van der Waals surface area contributed by atoms with Crippen molar-refractivity contribution >= 4 is 25.7 Å². The molecule has 0 aromatic heterocycles. The summed E-state index contributed by atoms with van der Waals surface area (Å²) in [4.78, 5) is 9.00. The van der Waals surface area contributed by atoms with E-state index < -0.39 is 25.7 Å². The number of carbonyl (C=O) groups is 1. The molecule has 0 atom stereocenters. The Morgan fingerprint density at radius 1 is 0.654 bits per heavy atom. The fourth-order valence-corrected chi connectivity index (χ4v) is 12.3. The number of benzene rings is 3. The first-order chi connectivity index (χ1) is 12.6. The van der Waals surface area contributed by atoms with Gasteiger partial charge >= 0.3 is 141 Å². The van der Waals surface area contributed by atoms with Crippen LogP contribution in [0.5, 0.6) is 0 Å². The van der Waals surface area contributed by atoms with Gasteiger partial charge in [0.05, 0.1) is 0 Å².